The number of amides is 2. The molecular formula is C25H28F5N5O3S. The molecule has 0 unspecified atom stereocenters. The maximum Gasteiger partial charge on any atom is 0.408 e. The Labute approximate surface area is 225 Å². The Morgan fingerprint density at radius 1 is 1.13 bits per heavy atom. The number of nitrogens with one attached hydrogen (secondary N) is 2. The molecule has 2 bridgehead atoms. The minimum absolute atomic E-state index is 0.00152. The quantitative estimate of drug-likeness (QED) is 0.406. The number of carbonyl (C=O) groups excluding carboxylic acids is 2. The van der Waals surface area contributed by atoms with Crippen molar-refractivity contribution < 1.29 is 36.6 Å². The van der Waals surface area contributed by atoms with Gasteiger partial charge in [0.05, 0.1) is 17.0 Å². The molecule has 212 valence electrons. The molecule has 2 aromatic heterocycles. The van der Waals surface area contributed by atoms with E-state index in [-0.39, 0.29) is 33.2 Å². The summed E-state index contributed by atoms with van der Waals surface area (Å²) in [5.41, 5.74) is -0.978. The topological polar surface area (TPSA) is 107 Å². The molecule has 14 heteroatoms. The molecule has 3 atom stereocenters. The van der Waals surface area contributed by atoms with Crippen LogP contribution in [0.4, 0.5) is 27.8 Å². The van der Waals surface area contributed by atoms with E-state index in [1.54, 1.807) is 4.90 Å². The van der Waals surface area contributed by atoms with Crippen LogP contribution in [0.2, 0.25) is 0 Å². The van der Waals surface area contributed by atoms with Gasteiger partial charge in [0.2, 0.25) is 0 Å². The molecule has 8 nitrogen and oxygen atoms in total. The number of nitrogens with zero attached hydrogens (tertiary/aromatic N) is 3. The minimum atomic E-state index is -4.62. The molecule has 3 aliphatic rings. The molecule has 5 rings (SSSR count). The predicted octanol–water partition coefficient (Wildman–Crippen LogP) is 4.92. The first-order valence-electron chi connectivity index (χ1n) is 12.9. The second-order valence-corrected chi connectivity index (χ2v) is 11.3. The van der Waals surface area contributed by atoms with Gasteiger partial charge in [-0.15, -0.1) is 11.3 Å². The van der Waals surface area contributed by atoms with Gasteiger partial charge in [-0.25, -0.2) is 18.7 Å². The van der Waals surface area contributed by atoms with Crippen molar-refractivity contribution in [2.24, 2.45) is 0 Å². The van der Waals surface area contributed by atoms with Crippen LogP contribution in [0.3, 0.4) is 0 Å². The first-order valence-corrected chi connectivity index (χ1v) is 13.7. The molecule has 1 saturated carbocycles. The van der Waals surface area contributed by atoms with E-state index < -0.39 is 54.0 Å². The van der Waals surface area contributed by atoms with Crippen molar-refractivity contribution in [2.45, 2.75) is 94.7 Å². The first-order chi connectivity index (χ1) is 18.4. The molecular weight excluding hydrogens is 545 g/mol. The normalized spacial score (nSPS) is 25.4. The summed E-state index contributed by atoms with van der Waals surface area (Å²) in [6.07, 6.45) is -2.33. The van der Waals surface area contributed by atoms with Crippen LogP contribution in [0.15, 0.2) is 12.3 Å². The van der Waals surface area contributed by atoms with Crippen LogP contribution < -0.4 is 10.6 Å². The van der Waals surface area contributed by atoms with E-state index >= 15 is 0 Å². The highest BCUT2D eigenvalue weighted by atomic mass is 32.1. The number of hydrogen-bond acceptors (Lipinski definition) is 7. The average Bonchev–Trinajstić information content (AvgIpc) is 3.67. The zero-order valence-electron chi connectivity index (χ0n) is 21.0. The van der Waals surface area contributed by atoms with Gasteiger partial charge in [0.25, 0.3) is 18.2 Å². The van der Waals surface area contributed by atoms with Gasteiger partial charge in [-0.05, 0) is 57.9 Å². The first kappa shape index (κ1) is 27.7. The lowest BCUT2D eigenvalue weighted by molar-refractivity contribution is -0.138. The van der Waals surface area contributed by atoms with Crippen molar-refractivity contribution in [3.63, 3.8) is 0 Å². The number of alkyl halides is 5. The third-order valence-corrected chi connectivity index (χ3v) is 8.87. The van der Waals surface area contributed by atoms with Crippen molar-refractivity contribution >= 4 is 29.0 Å². The predicted molar refractivity (Wildman–Crippen MR) is 133 cm³/mol. The summed E-state index contributed by atoms with van der Waals surface area (Å²) < 4.78 is 67.4. The fraction of sp³-hybridized carbons (Fsp3) is 0.600. The van der Waals surface area contributed by atoms with Crippen LogP contribution in [-0.2, 0) is 0 Å². The number of halogens is 5. The zero-order chi connectivity index (χ0) is 28.1. The molecule has 0 aromatic carbocycles. The summed E-state index contributed by atoms with van der Waals surface area (Å²) in [6.45, 7) is 0.841. The van der Waals surface area contributed by atoms with E-state index in [1.165, 1.54) is 0 Å². The zero-order valence-corrected chi connectivity index (χ0v) is 21.8. The van der Waals surface area contributed by atoms with E-state index in [0.29, 0.717) is 12.8 Å². The summed E-state index contributed by atoms with van der Waals surface area (Å²) in [7, 11) is 0. The summed E-state index contributed by atoms with van der Waals surface area (Å²) in [6, 6.07) is -1.69. The fourth-order valence-corrected chi connectivity index (χ4v) is 6.67. The molecule has 2 saturated heterocycles. The molecule has 3 N–H and O–H groups in total. The molecule has 2 amide bonds. The van der Waals surface area contributed by atoms with E-state index in [4.69, 9.17) is 0 Å². The van der Waals surface area contributed by atoms with Crippen LogP contribution >= 0.6 is 11.3 Å². The number of rotatable bonds is 7. The Morgan fingerprint density at radius 3 is 2.36 bits per heavy atom. The van der Waals surface area contributed by atoms with Crippen molar-refractivity contribution in [2.75, 3.05) is 5.32 Å². The summed E-state index contributed by atoms with van der Waals surface area (Å²) >= 11 is 0.745. The smallest absolute Gasteiger partial charge is 0.391 e. The summed E-state index contributed by atoms with van der Waals surface area (Å²) in [5.74, 6) is -1.51. The van der Waals surface area contributed by atoms with Crippen LogP contribution in [0, 0.1) is 0 Å². The molecule has 0 spiro atoms. The number of aliphatic hydroxyl groups is 1. The molecule has 2 aliphatic heterocycles. The average molecular weight is 574 g/mol. The Hall–Kier alpha value is -2.87. The molecule has 0 radical (unpaired) electrons. The number of hydrogen-bond donors (Lipinski definition) is 3. The number of fused-ring (bicyclic) bond motifs is 2. The van der Waals surface area contributed by atoms with E-state index in [1.807, 2.05) is 0 Å². The molecule has 3 fully saturated rings. The second kappa shape index (κ2) is 10.6. The van der Waals surface area contributed by atoms with Crippen molar-refractivity contribution in [3.8, 4) is 10.4 Å². The van der Waals surface area contributed by atoms with Gasteiger partial charge in [-0.2, -0.15) is 13.2 Å². The molecule has 1 aliphatic carbocycles. The summed E-state index contributed by atoms with van der Waals surface area (Å²) in [5, 5.41) is 14.8. The molecule has 39 heavy (non-hydrogen) atoms. The lowest BCUT2D eigenvalue weighted by Crippen LogP contribution is -2.40. The van der Waals surface area contributed by atoms with Gasteiger partial charge in [0, 0.05) is 29.4 Å². The lowest BCUT2D eigenvalue weighted by atomic mass is 10.0. The summed E-state index contributed by atoms with van der Waals surface area (Å²) in [4.78, 5) is 36.6. The maximum atomic E-state index is 14.2. The minimum Gasteiger partial charge on any atom is -0.391 e. The Balaban J connectivity index is 1.53. The number of aromatic nitrogens is 2. The number of aliphatic hydroxyl groups excluding tert-OH is 1. The van der Waals surface area contributed by atoms with Gasteiger partial charge in [0.15, 0.2) is 5.01 Å². The van der Waals surface area contributed by atoms with Crippen LogP contribution in [0.1, 0.15) is 84.1 Å². The number of anilines is 1. The van der Waals surface area contributed by atoms with Crippen molar-refractivity contribution in [1.82, 2.24) is 20.2 Å². The Kier molecular flexibility index (Phi) is 7.53. The molecule has 4 heterocycles. The molecule has 2 aromatic rings. The number of carbonyl (C=O) groups is 2. The van der Waals surface area contributed by atoms with Gasteiger partial charge in [-0.1, -0.05) is 0 Å². The standard InChI is InChI=1S/C25H28F5N5O3S/c1-11(25(28,29)30)32-18-9-14(21(26)27)15(10-31-18)20-19(24(38)35-12-5-6-13(35)8-7-12)34-23(39-20)22(37)33-16-3-2-4-17(16)36/h9-13,16-17,21,36H,2-8H2,1H3,(H,31,32)(H,33,37)/t11-,12-,13+,16-,17-/m0/s1. The largest absolute Gasteiger partial charge is 0.408 e. The number of thiazole rings is 1. The lowest BCUT2D eigenvalue weighted by Gasteiger charge is -2.22. The fourth-order valence-electron chi connectivity index (χ4n) is 5.67. The van der Waals surface area contributed by atoms with Crippen molar-refractivity contribution in [3.05, 3.63) is 28.5 Å². The maximum absolute atomic E-state index is 14.2. The SMILES string of the molecule is C[C@H](Nc1cc(C(F)F)c(-c2sc(C(=O)N[C@H]3CCC[C@@H]3O)nc2C(=O)N2[C@H]3CC[C@@H]2CC3)cn1)C(F)(F)F. The van der Waals surface area contributed by atoms with Gasteiger partial charge < -0.3 is 20.6 Å². The monoisotopic (exact) mass is 573 g/mol. The van der Waals surface area contributed by atoms with E-state index in [2.05, 4.69) is 20.6 Å². The van der Waals surface area contributed by atoms with Gasteiger partial charge >= 0.3 is 6.18 Å². The van der Waals surface area contributed by atoms with Crippen LogP contribution in [0.25, 0.3) is 10.4 Å². The highest BCUT2D eigenvalue weighted by molar-refractivity contribution is 7.17. The van der Waals surface area contributed by atoms with Crippen molar-refractivity contribution in [1.29, 1.82) is 0 Å². The van der Waals surface area contributed by atoms with E-state index in [9.17, 15) is 36.6 Å². The number of pyridine rings is 1. The van der Waals surface area contributed by atoms with Gasteiger partial charge in [0.1, 0.15) is 17.6 Å². The van der Waals surface area contributed by atoms with Crippen LogP contribution in [0.5, 0.6) is 0 Å². The van der Waals surface area contributed by atoms with Gasteiger partial charge in [-0.3, -0.25) is 9.59 Å². The highest BCUT2D eigenvalue weighted by Crippen LogP contribution is 2.42. The Bertz CT molecular complexity index is 1240. The third-order valence-electron chi connectivity index (χ3n) is 7.78. The third kappa shape index (κ3) is 5.45. The Morgan fingerprint density at radius 2 is 1.79 bits per heavy atom. The highest BCUT2D eigenvalue weighted by Gasteiger charge is 2.44. The second-order valence-electron chi connectivity index (χ2n) is 10.3. The van der Waals surface area contributed by atoms with Crippen LogP contribution in [-0.4, -0.2) is 68.2 Å². The van der Waals surface area contributed by atoms with E-state index in [0.717, 1.165) is 62.6 Å².